The van der Waals surface area contributed by atoms with Crippen LogP contribution in [0.2, 0.25) is 0 Å². The number of nitrogens with one attached hydrogen (secondary N) is 2. The smallest absolute Gasteiger partial charge is 0.244 e. The number of sulfonamides is 1. The van der Waals surface area contributed by atoms with Crippen LogP contribution >= 0.6 is 0 Å². The Morgan fingerprint density at radius 2 is 1.75 bits per heavy atom. The van der Waals surface area contributed by atoms with Gasteiger partial charge >= 0.3 is 0 Å². The van der Waals surface area contributed by atoms with Crippen LogP contribution in [0, 0.1) is 13.8 Å². The van der Waals surface area contributed by atoms with Crippen molar-refractivity contribution in [2.24, 2.45) is 0 Å². The van der Waals surface area contributed by atoms with Gasteiger partial charge in [0.2, 0.25) is 10.0 Å². The van der Waals surface area contributed by atoms with Crippen molar-refractivity contribution in [2.75, 3.05) is 19.6 Å². The molecule has 0 fully saturated rings. The zero-order valence-corrected chi connectivity index (χ0v) is 13.7. The molecule has 0 aromatic carbocycles. The fraction of sp³-hybridized carbons (Fsp3) is 0.769. The van der Waals surface area contributed by atoms with Gasteiger partial charge in [0.25, 0.3) is 0 Å². The topological polar surface area (TPSA) is 76.0 Å². The van der Waals surface area contributed by atoms with Crippen LogP contribution in [0.4, 0.5) is 0 Å². The standard InChI is InChI=1S/C13H26N4O2S/c1-5-7-14-9-10-17-12(4)13(11(3)16-17)20(18,19)15-8-6-2/h14-15H,5-10H2,1-4H3. The van der Waals surface area contributed by atoms with Crippen LogP contribution in [-0.2, 0) is 16.6 Å². The third kappa shape index (κ3) is 4.29. The molecule has 6 nitrogen and oxygen atoms in total. The molecule has 0 aliphatic carbocycles. The Morgan fingerprint density at radius 1 is 1.10 bits per heavy atom. The first-order chi connectivity index (χ1) is 9.44. The number of aromatic nitrogens is 2. The van der Waals surface area contributed by atoms with E-state index in [2.05, 4.69) is 22.1 Å². The van der Waals surface area contributed by atoms with Crippen molar-refractivity contribution in [2.45, 2.75) is 52.0 Å². The summed E-state index contributed by atoms with van der Waals surface area (Å²) in [6.07, 6.45) is 1.85. The molecule has 20 heavy (non-hydrogen) atoms. The van der Waals surface area contributed by atoms with E-state index in [1.807, 2.05) is 6.92 Å². The van der Waals surface area contributed by atoms with Crippen molar-refractivity contribution in [1.29, 1.82) is 0 Å². The third-order valence-electron chi connectivity index (χ3n) is 3.05. The highest BCUT2D eigenvalue weighted by Gasteiger charge is 2.23. The zero-order valence-electron chi connectivity index (χ0n) is 12.9. The zero-order chi connectivity index (χ0) is 15.2. The van der Waals surface area contributed by atoms with E-state index in [1.54, 1.807) is 18.5 Å². The predicted molar refractivity (Wildman–Crippen MR) is 80.3 cm³/mol. The van der Waals surface area contributed by atoms with Gasteiger partial charge in [0.15, 0.2) is 0 Å². The summed E-state index contributed by atoms with van der Waals surface area (Å²) in [7, 11) is -3.45. The number of nitrogens with zero attached hydrogens (tertiary/aromatic N) is 2. The van der Waals surface area contributed by atoms with Gasteiger partial charge in [-0.15, -0.1) is 0 Å². The fourth-order valence-electron chi connectivity index (χ4n) is 2.08. The Labute approximate surface area is 122 Å². The average Bonchev–Trinajstić information content (AvgIpc) is 2.68. The van der Waals surface area contributed by atoms with Crippen LogP contribution < -0.4 is 10.0 Å². The molecule has 1 aromatic rings. The van der Waals surface area contributed by atoms with E-state index in [-0.39, 0.29) is 0 Å². The summed E-state index contributed by atoms with van der Waals surface area (Å²) in [6, 6.07) is 0. The minimum atomic E-state index is -3.45. The molecule has 1 rings (SSSR count). The highest BCUT2D eigenvalue weighted by molar-refractivity contribution is 7.89. The molecule has 1 heterocycles. The molecule has 116 valence electrons. The summed E-state index contributed by atoms with van der Waals surface area (Å²) in [6.45, 7) is 10.5. The minimum absolute atomic E-state index is 0.321. The van der Waals surface area contributed by atoms with E-state index in [4.69, 9.17) is 0 Å². The van der Waals surface area contributed by atoms with Gasteiger partial charge in [-0.25, -0.2) is 13.1 Å². The van der Waals surface area contributed by atoms with Gasteiger partial charge in [0, 0.05) is 13.1 Å². The van der Waals surface area contributed by atoms with Crippen molar-refractivity contribution >= 4 is 10.0 Å². The second-order valence-corrected chi connectivity index (χ2v) is 6.57. The lowest BCUT2D eigenvalue weighted by Gasteiger charge is -2.07. The summed E-state index contributed by atoms with van der Waals surface area (Å²) in [4.78, 5) is 0.321. The minimum Gasteiger partial charge on any atom is -0.315 e. The van der Waals surface area contributed by atoms with Gasteiger partial charge in [-0.2, -0.15) is 5.10 Å². The van der Waals surface area contributed by atoms with Gasteiger partial charge in [0.05, 0.1) is 17.9 Å². The van der Waals surface area contributed by atoms with E-state index in [0.29, 0.717) is 29.4 Å². The largest absolute Gasteiger partial charge is 0.315 e. The van der Waals surface area contributed by atoms with Crippen molar-refractivity contribution in [3.05, 3.63) is 11.4 Å². The van der Waals surface area contributed by atoms with Crippen molar-refractivity contribution in [3.8, 4) is 0 Å². The lowest BCUT2D eigenvalue weighted by Crippen LogP contribution is -2.25. The molecule has 2 N–H and O–H groups in total. The van der Waals surface area contributed by atoms with Crippen LogP contribution in [0.15, 0.2) is 4.90 Å². The molecule has 0 spiro atoms. The van der Waals surface area contributed by atoms with Crippen molar-refractivity contribution in [3.63, 3.8) is 0 Å². The monoisotopic (exact) mass is 302 g/mol. The molecule has 0 atom stereocenters. The van der Waals surface area contributed by atoms with Crippen LogP contribution in [0.25, 0.3) is 0 Å². The lowest BCUT2D eigenvalue weighted by molar-refractivity contribution is 0.539. The molecule has 0 amide bonds. The number of hydrogen-bond donors (Lipinski definition) is 2. The van der Waals surface area contributed by atoms with Crippen LogP contribution in [0.1, 0.15) is 38.1 Å². The van der Waals surface area contributed by atoms with E-state index in [1.165, 1.54) is 0 Å². The van der Waals surface area contributed by atoms with E-state index in [0.717, 1.165) is 25.9 Å². The second-order valence-electron chi connectivity index (χ2n) is 4.87. The van der Waals surface area contributed by atoms with Crippen molar-refractivity contribution in [1.82, 2.24) is 19.8 Å². The maximum Gasteiger partial charge on any atom is 0.244 e. The maximum absolute atomic E-state index is 12.2. The number of hydrogen-bond acceptors (Lipinski definition) is 4. The number of aryl methyl sites for hydroxylation is 1. The van der Waals surface area contributed by atoms with Gasteiger partial charge in [-0.05, 0) is 33.2 Å². The molecule has 0 saturated heterocycles. The molecule has 7 heteroatoms. The van der Waals surface area contributed by atoms with Crippen LogP contribution in [0.5, 0.6) is 0 Å². The quantitative estimate of drug-likeness (QED) is 0.672. The van der Waals surface area contributed by atoms with Gasteiger partial charge in [-0.1, -0.05) is 13.8 Å². The van der Waals surface area contributed by atoms with Gasteiger partial charge < -0.3 is 5.32 Å². The SMILES string of the molecule is CCCNCCn1nc(C)c(S(=O)(=O)NCCC)c1C. The molecule has 0 unspecified atom stereocenters. The third-order valence-corrected chi connectivity index (χ3v) is 4.77. The van der Waals surface area contributed by atoms with Gasteiger partial charge in [0.1, 0.15) is 4.90 Å². The molecule has 0 aliphatic rings. The first kappa shape index (κ1) is 17.1. The summed E-state index contributed by atoms with van der Waals surface area (Å²) < 4.78 is 28.8. The summed E-state index contributed by atoms with van der Waals surface area (Å²) in [5, 5.41) is 7.63. The lowest BCUT2D eigenvalue weighted by atomic mass is 10.4. The average molecular weight is 302 g/mol. The van der Waals surface area contributed by atoms with E-state index < -0.39 is 10.0 Å². The fourth-order valence-corrected chi connectivity index (χ4v) is 3.62. The highest BCUT2D eigenvalue weighted by atomic mass is 32.2. The number of rotatable bonds is 9. The van der Waals surface area contributed by atoms with Crippen molar-refractivity contribution < 1.29 is 8.42 Å². The highest BCUT2D eigenvalue weighted by Crippen LogP contribution is 2.18. The Kier molecular flexibility index (Phi) is 6.64. The normalized spacial score (nSPS) is 12.0. The Bertz CT molecular complexity index is 523. The van der Waals surface area contributed by atoms with E-state index in [9.17, 15) is 8.42 Å². The molecular formula is C13H26N4O2S. The van der Waals surface area contributed by atoms with Gasteiger partial charge in [-0.3, -0.25) is 4.68 Å². The molecule has 0 radical (unpaired) electrons. The molecular weight excluding hydrogens is 276 g/mol. The van der Waals surface area contributed by atoms with E-state index >= 15 is 0 Å². The summed E-state index contributed by atoms with van der Waals surface area (Å²) in [5.41, 5.74) is 1.26. The van der Waals surface area contributed by atoms with Crippen LogP contribution in [0.3, 0.4) is 0 Å². The molecule has 1 aromatic heterocycles. The first-order valence-electron chi connectivity index (χ1n) is 7.18. The predicted octanol–water partition coefficient (Wildman–Crippen LogP) is 1.19. The molecule has 0 aliphatic heterocycles. The molecule has 0 bridgehead atoms. The Morgan fingerprint density at radius 3 is 2.35 bits per heavy atom. The van der Waals surface area contributed by atoms with Crippen LogP contribution in [-0.4, -0.2) is 37.8 Å². The molecule has 0 saturated carbocycles. The maximum atomic E-state index is 12.2. The summed E-state index contributed by atoms with van der Waals surface area (Å²) in [5.74, 6) is 0. The summed E-state index contributed by atoms with van der Waals surface area (Å²) >= 11 is 0. The Balaban J connectivity index is 2.86. The Hall–Kier alpha value is -0.920. The second kappa shape index (κ2) is 7.75. The first-order valence-corrected chi connectivity index (χ1v) is 8.66.